The summed E-state index contributed by atoms with van der Waals surface area (Å²) in [6, 6.07) is 0. The van der Waals surface area contributed by atoms with Crippen LogP contribution in [0.2, 0.25) is 0 Å². The number of ether oxygens (including phenoxy) is 1. The van der Waals surface area contributed by atoms with Gasteiger partial charge in [0.05, 0.1) is 6.10 Å². The molecule has 1 aromatic heterocycles. The minimum absolute atomic E-state index is 0.229. The number of aromatic nitrogens is 3. The molecule has 2 rings (SSSR count). The Balaban J connectivity index is 2.09. The summed E-state index contributed by atoms with van der Waals surface area (Å²) in [5, 5.41) is 10.1. The lowest BCUT2D eigenvalue weighted by Gasteiger charge is -2.15. The Hall–Kier alpha value is -0.940. The Bertz CT molecular complexity index is 299. The third-order valence-corrected chi connectivity index (χ3v) is 2.58. The van der Waals surface area contributed by atoms with Gasteiger partial charge in [0, 0.05) is 19.1 Å². The van der Waals surface area contributed by atoms with Crippen LogP contribution in [0.15, 0.2) is 0 Å². The normalized spacial score (nSPS) is 27.0. The summed E-state index contributed by atoms with van der Waals surface area (Å²) in [6.45, 7) is 3.57. The molecule has 0 aromatic carbocycles. The van der Waals surface area contributed by atoms with Crippen molar-refractivity contribution < 1.29 is 4.74 Å². The van der Waals surface area contributed by atoms with Crippen LogP contribution in [0.25, 0.3) is 0 Å². The summed E-state index contributed by atoms with van der Waals surface area (Å²) >= 11 is 0. The molecule has 0 unspecified atom stereocenters. The van der Waals surface area contributed by atoms with Gasteiger partial charge in [-0.15, -0.1) is 0 Å². The molecule has 0 amide bonds. The number of hydrogen-bond donors (Lipinski definition) is 2. The van der Waals surface area contributed by atoms with E-state index < -0.39 is 0 Å². The van der Waals surface area contributed by atoms with E-state index in [0.29, 0.717) is 5.92 Å². The van der Waals surface area contributed by atoms with E-state index in [4.69, 9.17) is 4.74 Å². The summed E-state index contributed by atoms with van der Waals surface area (Å²) in [5.41, 5.74) is 0. The molecular formula is C9H16N4O. The first-order chi connectivity index (χ1) is 6.81. The van der Waals surface area contributed by atoms with E-state index in [1.807, 2.05) is 14.0 Å². The van der Waals surface area contributed by atoms with Crippen LogP contribution in [-0.4, -0.2) is 41.5 Å². The van der Waals surface area contributed by atoms with Gasteiger partial charge in [-0.25, -0.2) is 4.98 Å². The molecule has 0 bridgehead atoms. The van der Waals surface area contributed by atoms with Gasteiger partial charge >= 0.3 is 0 Å². The SMILES string of the molecule is CNC[C@@H]1OCC[C@@H]1c1nc(C)n[nH]1. The zero-order valence-electron chi connectivity index (χ0n) is 8.58. The number of aryl methyl sites for hydroxylation is 1. The number of nitrogens with zero attached hydrogens (tertiary/aromatic N) is 2. The lowest BCUT2D eigenvalue weighted by Crippen LogP contribution is -2.28. The summed E-state index contributed by atoms with van der Waals surface area (Å²) in [5.74, 6) is 2.12. The van der Waals surface area contributed by atoms with Gasteiger partial charge in [0.2, 0.25) is 0 Å². The van der Waals surface area contributed by atoms with Crippen molar-refractivity contribution in [1.82, 2.24) is 20.5 Å². The second-order valence-corrected chi connectivity index (χ2v) is 3.63. The maximum atomic E-state index is 5.62. The lowest BCUT2D eigenvalue weighted by atomic mass is 10.0. The molecule has 2 N–H and O–H groups in total. The molecule has 1 aliphatic heterocycles. The molecule has 5 nitrogen and oxygen atoms in total. The van der Waals surface area contributed by atoms with Crippen molar-refractivity contribution in [3.63, 3.8) is 0 Å². The molecule has 78 valence electrons. The number of likely N-dealkylation sites (N-methyl/N-ethyl adjacent to an activating group) is 1. The van der Waals surface area contributed by atoms with Crippen molar-refractivity contribution in [1.29, 1.82) is 0 Å². The maximum absolute atomic E-state index is 5.62. The van der Waals surface area contributed by atoms with Gasteiger partial charge in [-0.3, -0.25) is 5.10 Å². The molecule has 0 radical (unpaired) electrons. The highest BCUT2D eigenvalue weighted by molar-refractivity contribution is 5.03. The van der Waals surface area contributed by atoms with Crippen LogP contribution in [0.3, 0.4) is 0 Å². The van der Waals surface area contributed by atoms with Crippen LogP contribution in [0.1, 0.15) is 24.0 Å². The zero-order chi connectivity index (χ0) is 9.97. The van der Waals surface area contributed by atoms with Gasteiger partial charge in [-0.2, -0.15) is 5.10 Å². The minimum atomic E-state index is 0.229. The molecule has 0 aliphatic carbocycles. The highest BCUT2D eigenvalue weighted by atomic mass is 16.5. The molecule has 1 aromatic rings. The van der Waals surface area contributed by atoms with E-state index in [2.05, 4.69) is 20.5 Å². The molecule has 2 atom stereocenters. The Morgan fingerprint density at radius 1 is 1.64 bits per heavy atom. The third kappa shape index (κ3) is 1.78. The Morgan fingerprint density at radius 2 is 2.50 bits per heavy atom. The number of rotatable bonds is 3. The first kappa shape index (κ1) is 9.61. The van der Waals surface area contributed by atoms with Gasteiger partial charge in [0.15, 0.2) is 0 Å². The van der Waals surface area contributed by atoms with E-state index >= 15 is 0 Å². The van der Waals surface area contributed by atoms with Crippen molar-refractivity contribution in [3.05, 3.63) is 11.6 Å². The Kier molecular flexibility index (Phi) is 2.79. The second kappa shape index (κ2) is 4.06. The average molecular weight is 196 g/mol. The summed E-state index contributed by atoms with van der Waals surface area (Å²) < 4.78 is 5.62. The Labute approximate surface area is 83.3 Å². The molecule has 2 heterocycles. The number of nitrogens with one attached hydrogen (secondary N) is 2. The number of hydrogen-bond acceptors (Lipinski definition) is 4. The first-order valence-electron chi connectivity index (χ1n) is 4.96. The average Bonchev–Trinajstić information content (AvgIpc) is 2.74. The molecular weight excluding hydrogens is 180 g/mol. The Morgan fingerprint density at radius 3 is 3.14 bits per heavy atom. The number of H-pyrrole nitrogens is 1. The highest BCUT2D eigenvalue weighted by Crippen LogP contribution is 2.28. The van der Waals surface area contributed by atoms with Crippen LogP contribution in [0, 0.1) is 6.92 Å². The van der Waals surface area contributed by atoms with Gasteiger partial charge < -0.3 is 10.1 Å². The highest BCUT2D eigenvalue weighted by Gasteiger charge is 2.31. The van der Waals surface area contributed by atoms with Crippen molar-refractivity contribution in [2.75, 3.05) is 20.2 Å². The van der Waals surface area contributed by atoms with Gasteiger partial charge in [0.25, 0.3) is 0 Å². The van der Waals surface area contributed by atoms with Crippen molar-refractivity contribution >= 4 is 0 Å². The van der Waals surface area contributed by atoms with E-state index in [-0.39, 0.29) is 6.10 Å². The fourth-order valence-corrected chi connectivity index (χ4v) is 1.89. The van der Waals surface area contributed by atoms with Gasteiger partial charge in [0.1, 0.15) is 11.6 Å². The van der Waals surface area contributed by atoms with Crippen LogP contribution in [0.5, 0.6) is 0 Å². The second-order valence-electron chi connectivity index (χ2n) is 3.63. The van der Waals surface area contributed by atoms with Crippen LogP contribution < -0.4 is 5.32 Å². The van der Waals surface area contributed by atoms with Crippen LogP contribution >= 0.6 is 0 Å². The fourth-order valence-electron chi connectivity index (χ4n) is 1.89. The predicted octanol–water partition coefficient (Wildman–Crippen LogP) is 0.205. The van der Waals surface area contributed by atoms with E-state index in [1.165, 1.54) is 0 Å². The zero-order valence-corrected chi connectivity index (χ0v) is 8.58. The largest absolute Gasteiger partial charge is 0.376 e. The topological polar surface area (TPSA) is 62.8 Å². The molecule has 0 spiro atoms. The third-order valence-electron chi connectivity index (χ3n) is 2.58. The van der Waals surface area contributed by atoms with Gasteiger partial charge in [-0.05, 0) is 20.4 Å². The molecule has 1 fully saturated rings. The standard InChI is InChI=1S/C9H16N4O/c1-6-11-9(13-12-6)7-3-4-14-8(7)5-10-2/h7-8,10H,3-5H2,1-2H3,(H,11,12,13)/t7-,8-/m0/s1. The predicted molar refractivity (Wildman–Crippen MR) is 52.1 cm³/mol. The van der Waals surface area contributed by atoms with E-state index in [1.54, 1.807) is 0 Å². The van der Waals surface area contributed by atoms with Crippen LogP contribution in [0.4, 0.5) is 0 Å². The van der Waals surface area contributed by atoms with Crippen molar-refractivity contribution in [2.45, 2.75) is 25.4 Å². The van der Waals surface area contributed by atoms with Gasteiger partial charge in [-0.1, -0.05) is 0 Å². The summed E-state index contributed by atoms with van der Waals surface area (Å²) in [4.78, 5) is 4.35. The van der Waals surface area contributed by atoms with Crippen LogP contribution in [-0.2, 0) is 4.74 Å². The summed E-state index contributed by atoms with van der Waals surface area (Å²) in [6.07, 6.45) is 1.26. The molecule has 1 aliphatic rings. The quantitative estimate of drug-likeness (QED) is 0.725. The maximum Gasteiger partial charge on any atom is 0.147 e. The van der Waals surface area contributed by atoms with Crippen molar-refractivity contribution in [3.8, 4) is 0 Å². The monoisotopic (exact) mass is 196 g/mol. The molecule has 1 saturated heterocycles. The van der Waals surface area contributed by atoms with E-state index in [0.717, 1.165) is 31.2 Å². The minimum Gasteiger partial charge on any atom is -0.376 e. The lowest BCUT2D eigenvalue weighted by molar-refractivity contribution is 0.103. The van der Waals surface area contributed by atoms with E-state index in [9.17, 15) is 0 Å². The summed E-state index contributed by atoms with van der Waals surface area (Å²) in [7, 11) is 1.93. The van der Waals surface area contributed by atoms with Crippen molar-refractivity contribution in [2.24, 2.45) is 0 Å². The smallest absolute Gasteiger partial charge is 0.147 e. The molecule has 5 heteroatoms. The molecule has 0 saturated carbocycles. The fraction of sp³-hybridized carbons (Fsp3) is 0.778. The molecule has 14 heavy (non-hydrogen) atoms. The number of aromatic amines is 1. The first-order valence-corrected chi connectivity index (χ1v) is 4.96.